The van der Waals surface area contributed by atoms with Crippen molar-refractivity contribution in [2.45, 2.75) is 33.2 Å². The number of hydrogen-bond acceptors (Lipinski definition) is 3. The van der Waals surface area contributed by atoms with Gasteiger partial charge in [-0.3, -0.25) is 9.67 Å². The summed E-state index contributed by atoms with van der Waals surface area (Å²) in [6.07, 6.45) is 3.77. The van der Waals surface area contributed by atoms with Crippen LogP contribution in [0.2, 0.25) is 0 Å². The molecule has 0 aliphatic heterocycles. The molecule has 0 spiro atoms. The molecule has 4 nitrogen and oxygen atoms in total. The van der Waals surface area contributed by atoms with Gasteiger partial charge in [0.15, 0.2) is 0 Å². The van der Waals surface area contributed by atoms with Crippen LogP contribution in [0.3, 0.4) is 0 Å². The molecule has 2 rings (SSSR count). The Kier molecular flexibility index (Phi) is 3.13. The van der Waals surface area contributed by atoms with Gasteiger partial charge in [0.1, 0.15) is 0 Å². The molecule has 2 N–H and O–H groups in total. The highest BCUT2D eigenvalue weighted by molar-refractivity contribution is 5.34. The van der Waals surface area contributed by atoms with Crippen LogP contribution in [0, 0.1) is 6.92 Å². The third-order valence-corrected chi connectivity index (χ3v) is 2.78. The number of rotatable bonds is 3. The van der Waals surface area contributed by atoms with Crippen LogP contribution >= 0.6 is 0 Å². The van der Waals surface area contributed by atoms with E-state index in [2.05, 4.69) is 30.1 Å². The SMILES string of the molecule is Cc1nn(Cc2ccc(N)cn2)cc1C(C)C. The molecule has 4 heteroatoms. The topological polar surface area (TPSA) is 56.7 Å². The van der Waals surface area contributed by atoms with E-state index in [9.17, 15) is 0 Å². The van der Waals surface area contributed by atoms with Gasteiger partial charge in [-0.1, -0.05) is 13.8 Å². The fourth-order valence-corrected chi connectivity index (χ4v) is 1.88. The molecule has 0 aliphatic carbocycles. The number of nitrogens with two attached hydrogens (primary N) is 1. The third kappa shape index (κ3) is 2.64. The highest BCUT2D eigenvalue weighted by Gasteiger charge is 2.08. The summed E-state index contributed by atoms with van der Waals surface area (Å²) >= 11 is 0. The van der Waals surface area contributed by atoms with Gasteiger partial charge in [-0.2, -0.15) is 5.10 Å². The average molecular weight is 230 g/mol. The Bertz CT molecular complexity index is 497. The molecule has 2 heterocycles. The van der Waals surface area contributed by atoms with E-state index in [1.165, 1.54) is 5.56 Å². The largest absolute Gasteiger partial charge is 0.397 e. The number of aryl methyl sites for hydroxylation is 1. The van der Waals surface area contributed by atoms with Crippen LogP contribution in [-0.4, -0.2) is 14.8 Å². The van der Waals surface area contributed by atoms with E-state index < -0.39 is 0 Å². The van der Waals surface area contributed by atoms with Crippen LogP contribution < -0.4 is 5.73 Å². The minimum absolute atomic E-state index is 0.503. The van der Waals surface area contributed by atoms with Crippen LogP contribution in [0.1, 0.15) is 36.7 Å². The summed E-state index contributed by atoms with van der Waals surface area (Å²) in [5, 5.41) is 4.50. The first-order valence-corrected chi connectivity index (χ1v) is 5.80. The molecule has 90 valence electrons. The van der Waals surface area contributed by atoms with E-state index >= 15 is 0 Å². The molecule has 17 heavy (non-hydrogen) atoms. The van der Waals surface area contributed by atoms with Crippen molar-refractivity contribution in [2.75, 3.05) is 5.73 Å². The maximum absolute atomic E-state index is 5.60. The average Bonchev–Trinajstić information content (AvgIpc) is 2.63. The molecule has 0 fully saturated rings. The zero-order valence-corrected chi connectivity index (χ0v) is 10.5. The lowest BCUT2D eigenvalue weighted by molar-refractivity contribution is 0.665. The molecular weight excluding hydrogens is 212 g/mol. The smallest absolute Gasteiger partial charge is 0.0831 e. The maximum Gasteiger partial charge on any atom is 0.0831 e. The highest BCUT2D eigenvalue weighted by atomic mass is 15.3. The molecule has 0 amide bonds. The summed E-state index contributed by atoms with van der Waals surface area (Å²) < 4.78 is 1.93. The third-order valence-electron chi connectivity index (χ3n) is 2.78. The van der Waals surface area contributed by atoms with Crippen LogP contribution in [0.25, 0.3) is 0 Å². The number of aromatic nitrogens is 3. The van der Waals surface area contributed by atoms with Crippen molar-refractivity contribution >= 4 is 5.69 Å². The van der Waals surface area contributed by atoms with E-state index in [0.29, 0.717) is 18.2 Å². The van der Waals surface area contributed by atoms with Gasteiger partial charge in [0.25, 0.3) is 0 Å². The van der Waals surface area contributed by atoms with Crippen LogP contribution in [0.4, 0.5) is 5.69 Å². The standard InChI is InChI=1S/C13H18N4/c1-9(2)13-8-17(16-10(13)3)7-12-5-4-11(14)6-15-12/h4-6,8-9H,7,14H2,1-3H3. The molecule has 2 aromatic rings. The van der Waals surface area contributed by atoms with E-state index in [1.54, 1.807) is 6.20 Å². The molecule has 0 unspecified atom stereocenters. The van der Waals surface area contributed by atoms with Crippen molar-refractivity contribution in [3.05, 3.63) is 41.5 Å². The van der Waals surface area contributed by atoms with Gasteiger partial charge < -0.3 is 5.73 Å². The van der Waals surface area contributed by atoms with Gasteiger partial charge in [0, 0.05) is 6.20 Å². The summed E-state index contributed by atoms with van der Waals surface area (Å²) in [6.45, 7) is 7.09. The van der Waals surface area contributed by atoms with E-state index in [4.69, 9.17) is 5.73 Å². The number of hydrogen-bond donors (Lipinski definition) is 1. The number of pyridine rings is 1. The summed E-state index contributed by atoms with van der Waals surface area (Å²) in [7, 11) is 0. The molecule has 0 aromatic carbocycles. The van der Waals surface area contributed by atoms with Crippen LogP contribution in [0.5, 0.6) is 0 Å². The Morgan fingerprint density at radius 1 is 1.35 bits per heavy atom. The first kappa shape index (κ1) is 11.6. The van der Waals surface area contributed by atoms with Crippen LogP contribution in [-0.2, 0) is 6.54 Å². The highest BCUT2D eigenvalue weighted by Crippen LogP contribution is 2.17. The second-order valence-corrected chi connectivity index (χ2v) is 4.61. The molecule has 2 aromatic heterocycles. The van der Waals surface area contributed by atoms with E-state index in [1.807, 2.05) is 23.7 Å². The van der Waals surface area contributed by atoms with Crippen molar-refractivity contribution in [3.8, 4) is 0 Å². The molecular formula is C13H18N4. The van der Waals surface area contributed by atoms with Gasteiger partial charge in [-0.15, -0.1) is 0 Å². The van der Waals surface area contributed by atoms with Gasteiger partial charge in [0.05, 0.1) is 29.8 Å². The minimum Gasteiger partial charge on any atom is -0.397 e. The van der Waals surface area contributed by atoms with Crippen molar-refractivity contribution in [2.24, 2.45) is 0 Å². The van der Waals surface area contributed by atoms with E-state index in [0.717, 1.165) is 11.4 Å². The summed E-state index contributed by atoms with van der Waals surface area (Å²) in [6, 6.07) is 3.80. The quantitative estimate of drug-likeness (QED) is 0.880. The number of nitrogens with zero attached hydrogens (tertiary/aromatic N) is 3. The maximum atomic E-state index is 5.60. The molecule has 0 bridgehead atoms. The lowest BCUT2D eigenvalue weighted by atomic mass is 10.1. The fraction of sp³-hybridized carbons (Fsp3) is 0.385. The van der Waals surface area contributed by atoms with E-state index in [-0.39, 0.29) is 0 Å². The van der Waals surface area contributed by atoms with Crippen molar-refractivity contribution in [3.63, 3.8) is 0 Å². The first-order valence-electron chi connectivity index (χ1n) is 5.80. The first-order chi connectivity index (χ1) is 8.06. The predicted molar refractivity (Wildman–Crippen MR) is 68.8 cm³/mol. The second kappa shape index (κ2) is 4.57. The Morgan fingerprint density at radius 3 is 2.65 bits per heavy atom. The second-order valence-electron chi connectivity index (χ2n) is 4.61. The summed E-state index contributed by atoms with van der Waals surface area (Å²) in [5.74, 6) is 0.503. The van der Waals surface area contributed by atoms with Gasteiger partial charge in [-0.25, -0.2) is 0 Å². The summed E-state index contributed by atoms with van der Waals surface area (Å²) in [5.41, 5.74) is 9.65. The lowest BCUT2D eigenvalue weighted by Gasteiger charge is -2.02. The predicted octanol–water partition coefficient (Wildman–Crippen LogP) is 2.34. The van der Waals surface area contributed by atoms with Crippen molar-refractivity contribution in [1.82, 2.24) is 14.8 Å². The molecule has 0 aliphatic rings. The molecule has 0 radical (unpaired) electrons. The minimum atomic E-state index is 0.503. The lowest BCUT2D eigenvalue weighted by Crippen LogP contribution is -2.02. The zero-order chi connectivity index (χ0) is 12.4. The van der Waals surface area contributed by atoms with Crippen molar-refractivity contribution < 1.29 is 0 Å². The van der Waals surface area contributed by atoms with Crippen LogP contribution in [0.15, 0.2) is 24.5 Å². The molecule has 0 saturated carbocycles. The Labute approximate surface area is 101 Å². The number of nitrogen functional groups attached to an aromatic ring is 1. The fourth-order valence-electron chi connectivity index (χ4n) is 1.88. The Hall–Kier alpha value is -1.84. The Balaban J connectivity index is 2.19. The number of anilines is 1. The van der Waals surface area contributed by atoms with Gasteiger partial charge in [-0.05, 0) is 30.5 Å². The van der Waals surface area contributed by atoms with Gasteiger partial charge in [0.2, 0.25) is 0 Å². The Morgan fingerprint density at radius 2 is 2.12 bits per heavy atom. The zero-order valence-electron chi connectivity index (χ0n) is 10.5. The molecule has 0 atom stereocenters. The van der Waals surface area contributed by atoms with Gasteiger partial charge >= 0.3 is 0 Å². The monoisotopic (exact) mass is 230 g/mol. The molecule has 0 saturated heterocycles. The summed E-state index contributed by atoms with van der Waals surface area (Å²) in [4.78, 5) is 4.27. The van der Waals surface area contributed by atoms with Crippen molar-refractivity contribution in [1.29, 1.82) is 0 Å². The normalized spacial score (nSPS) is 11.1.